The van der Waals surface area contributed by atoms with Gasteiger partial charge in [0.2, 0.25) is 5.95 Å². The fourth-order valence-corrected chi connectivity index (χ4v) is 2.95. The van der Waals surface area contributed by atoms with E-state index in [1.807, 2.05) is 45.0 Å². The third kappa shape index (κ3) is 4.29. The summed E-state index contributed by atoms with van der Waals surface area (Å²) < 4.78 is 5.67. The van der Waals surface area contributed by atoms with Crippen LogP contribution in [-0.4, -0.2) is 46.2 Å². The molecule has 2 aromatic rings. The number of amides is 2. The van der Waals surface area contributed by atoms with E-state index in [0.29, 0.717) is 19.6 Å². The maximum Gasteiger partial charge on any atom is 0.317 e. The second-order valence-corrected chi connectivity index (χ2v) is 6.81. The van der Waals surface area contributed by atoms with Gasteiger partial charge in [0, 0.05) is 18.3 Å². The van der Waals surface area contributed by atoms with E-state index in [2.05, 4.69) is 15.3 Å². The second kappa shape index (κ2) is 7.70. The van der Waals surface area contributed by atoms with Crippen LogP contribution in [0.25, 0.3) is 11.3 Å². The number of rotatable bonds is 5. The van der Waals surface area contributed by atoms with Crippen molar-refractivity contribution in [3.8, 4) is 11.3 Å². The Morgan fingerprint density at radius 1 is 1.38 bits per heavy atom. The SMILES string of the molecule is Cc1cc(-c2ccnc(N)n2)ccc1CNC(=O)N1CC(OC(C)C)C1. The molecule has 0 atom stereocenters. The minimum absolute atomic E-state index is 0.0549. The average molecular weight is 355 g/mol. The molecule has 0 bridgehead atoms. The van der Waals surface area contributed by atoms with E-state index in [4.69, 9.17) is 10.5 Å². The van der Waals surface area contributed by atoms with Crippen LogP contribution in [0.5, 0.6) is 0 Å². The van der Waals surface area contributed by atoms with Crippen molar-refractivity contribution < 1.29 is 9.53 Å². The number of carbonyl (C=O) groups excluding carboxylic acids is 1. The molecule has 3 N–H and O–H groups in total. The zero-order chi connectivity index (χ0) is 18.7. The lowest BCUT2D eigenvalue weighted by Gasteiger charge is -2.39. The smallest absolute Gasteiger partial charge is 0.317 e. The van der Waals surface area contributed by atoms with Gasteiger partial charge in [-0.25, -0.2) is 14.8 Å². The van der Waals surface area contributed by atoms with Gasteiger partial charge in [0.25, 0.3) is 0 Å². The number of nitrogens with one attached hydrogen (secondary N) is 1. The van der Waals surface area contributed by atoms with Crippen molar-refractivity contribution in [3.63, 3.8) is 0 Å². The number of nitrogen functional groups attached to an aromatic ring is 1. The number of benzene rings is 1. The summed E-state index contributed by atoms with van der Waals surface area (Å²) in [5.74, 6) is 0.255. The number of anilines is 1. The summed E-state index contributed by atoms with van der Waals surface area (Å²) in [6, 6.07) is 7.79. The first-order valence-corrected chi connectivity index (χ1v) is 8.79. The molecule has 1 aliphatic heterocycles. The van der Waals surface area contributed by atoms with Gasteiger partial charge in [-0.2, -0.15) is 0 Å². The lowest BCUT2D eigenvalue weighted by molar-refractivity contribution is -0.0641. The number of urea groups is 1. The highest BCUT2D eigenvalue weighted by molar-refractivity contribution is 5.75. The minimum atomic E-state index is -0.0549. The van der Waals surface area contributed by atoms with Crippen molar-refractivity contribution in [1.29, 1.82) is 0 Å². The van der Waals surface area contributed by atoms with Crippen molar-refractivity contribution in [1.82, 2.24) is 20.2 Å². The Morgan fingerprint density at radius 2 is 2.15 bits per heavy atom. The predicted molar refractivity (Wildman–Crippen MR) is 100 cm³/mol. The molecule has 7 heteroatoms. The van der Waals surface area contributed by atoms with Gasteiger partial charge in [0.1, 0.15) is 0 Å². The van der Waals surface area contributed by atoms with Crippen LogP contribution in [0.2, 0.25) is 0 Å². The van der Waals surface area contributed by atoms with Crippen LogP contribution in [0.15, 0.2) is 30.5 Å². The highest BCUT2D eigenvalue weighted by Gasteiger charge is 2.31. The highest BCUT2D eigenvalue weighted by Crippen LogP contribution is 2.21. The molecule has 0 aliphatic carbocycles. The summed E-state index contributed by atoms with van der Waals surface area (Å²) in [6.45, 7) is 7.82. The van der Waals surface area contributed by atoms with Crippen molar-refractivity contribution in [2.75, 3.05) is 18.8 Å². The summed E-state index contributed by atoms with van der Waals surface area (Å²) in [7, 11) is 0. The van der Waals surface area contributed by atoms with Gasteiger partial charge in [0.15, 0.2) is 0 Å². The van der Waals surface area contributed by atoms with E-state index >= 15 is 0 Å². The molecule has 0 spiro atoms. The van der Waals surface area contributed by atoms with E-state index in [-0.39, 0.29) is 24.2 Å². The number of aryl methyl sites for hydroxylation is 1. The molecule has 2 amide bonds. The van der Waals surface area contributed by atoms with E-state index < -0.39 is 0 Å². The van der Waals surface area contributed by atoms with Crippen LogP contribution in [0.3, 0.4) is 0 Å². The van der Waals surface area contributed by atoms with Crippen molar-refractivity contribution in [2.45, 2.75) is 39.5 Å². The molecule has 0 radical (unpaired) electrons. The Labute approximate surface area is 153 Å². The van der Waals surface area contributed by atoms with Gasteiger partial charge < -0.3 is 20.7 Å². The average Bonchev–Trinajstić information content (AvgIpc) is 2.56. The van der Waals surface area contributed by atoms with Gasteiger partial charge in [-0.05, 0) is 44.0 Å². The quantitative estimate of drug-likeness (QED) is 0.859. The summed E-state index contributed by atoms with van der Waals surface area (Å²) in [4.78, 5) is 22.1. The Morgan fingerprint density at radius 3 is 2.81 bits per heavy atom. The molecule has 1 fully saturated rings. The standard InChI is InChI=1S/C19H25N5O2/c1-12(2)26-16-10-24(11-16)19(25)22-9-15-5-4-14(8-13(15)3)17-6-7-21-18(20)23-17/h4-8,12,16H,9-11H2,1-3H3,(H,22,25)(H2,20,21,23). The largest absolute Gasteiger partial charge is 0.372 e. The van der Waals surface area contributed by atoms with Crippen LogP contribution in [0, 0.1) is 6.92 Å². The van der Waals surface area contributed by atoms with Crippen LogP contribution in [0.1, 0.15) is 25.0 Å². The fraction of sp³-hybridized carbons (Fsp3) is 0.421. The summed E-state index contributed by atoms with van der Waals surface area (Å²) in [6.07, 6.45) is 1.99. The van der Waals surface area contributed by atoms with Crippen molar-refractivity contribution in [3.05, 3.63) is 41.6 Å². The van der Waals surface area contributed by atoms with E-state index in [1.54, 1.807) is 11.1 Å². The minimum Gasteiger partial charge on any atom is -0.372 e. The van der Waals surface area contributed by atoms with Gasteiger partial charge >= 0.3 is 6.03 Å². The molecule has 0 unspecified atom stereocenters. The molecule has 1 aliphatic rings. The normalized spacial score (nSPS) is 14.4. The summed E-state index contributed by atoms with van der Waals surface area (Å²) >= 11 is 0. The molecule has 1 aromatic carbocycles. The molecule has 0 saturated carbocycles. The Bertz CT molecular complexity index is 787. The Balaban J connectivity index is 1.55. The predicted octanol–water partition coefficient (Wildman–Crippen LogP) is 2.35. The van der Waals surface area contributed by atoms with Crippen LogP contribution < -0.4 is 11.1 Å². The lowest BCUT2D eigenvalue weighted by Crippen LogP contribution is -2.58. The zero-order valence-electron chi connectivity index (χ0n) is 15.4. The monoisotopic (exact) mass is 355 g/mol. The summed E-state index contributed by atoms with van der Waals surface area (Å²) in [5.41, 5.74) is 9.56. The number of likely N-dealkylation sites (tertiary alicyclic amines) is 1. The van der Waals surface area contributed by atoms with E-state index in [0.717, 1.165) is 22.4 Å². The topological polar surface area (TPSA) is 93.4 Å². The first kappa shape index (κ1) is 18.1. The molecular formula is C19H25N5O2. The Hall–Kier alpha value is -2.67. The number of carbonyl (C=O) groups is 1. The lowest BCUT2D eigenvalue weighted by atomic mass is 10.0. The van der Waals surface area contributed by atoms with E-state index in [9.17, 15) is 4.79 Å². The van der Waals surface area contributed by atoms with Crippen LogP contribution in [-0.2, 0) is 11.3 Å². The highest BCUT2D eigenvalue weighted by atomic mass is 16.5. The number of nitrogens with zero attached hydrogens (tertiary/aromatic N) is 3. The van der Waals surface area contributed by atoms with Gasteiger partial charge in [0.05, 0.1) is 31.0 Å². The first-order valence-electron chi connectivity index (χ1n) is 8.79. The van der Waals surface area contributed by atoms with Gasteiger partial charge in [-0.3, -0.25) is 0 Å². The maximum atomic E-state index is 12.2. The molecule has 1 aromatic heterocycles. The first-order chi connectivity index (χ1) is 12.4. The van der Waals surface area contributed by atoms with Crippen molar-refractivity contribution in [2.24, 2.45) is 0 Å². The van der Waals surface area contributed by atoms with E-state index in [1.165, 1.54) is 0 Å². The number of hydrogen-bond donors (Lipinski definition) is 2. The van der Waals surface area contributed by atoms with Crippen LogP contribution >= 0.6 is 0 Å². The molecule has 2 heterocycles. The van der Waals surface area contributed by atoms with Gasteiger partial charge in [-0.15, -0.1) is 0 Å². The number of nitrogens with two attached hydrogens (primary N) is 1. The molecular weight excluding hydrogens is 330 g/mol. The Kier molecular flexibility index (Phi) is 5.37. The third-order valence-corrected chi connectivity index (χ3v) is 4.34. The molecule has 1 saturated heterocycles. The molecule has 26 heavy (non-hydrogen) atoms. The second-order valence-electron chi connectivity index (χ2n) is 6.81. The van der Waals surface area contributed by atoms with Crippen LogP contribution in [0.4, 0.5) is 10.7 Å². The number of aromatic nitrogens is 2. The molecule has 3 rings (SSSR count). The zero-order valence-corrected chi connectivity index (χ0v) is 15.4. The molecule has 138 valence electrons. The summed E-state index contributed by atoms with van der Waals surface area (Å²) in [5, 5.41) is 2.97. The number of hydrogen-bond acceptors (Lipinski definition) is 5. The van der Waals surface area contributed by atoms with Gasteiger partial charge in [-0.1, -0.05) is 12.1 Å². The molecule has 7 nitrogen and oxygen atoms in total. The fourth-order valence-electron chi connectivity index (χ4n) is 2.95. The number of ether oxygens (including phenoxy) is 1. The van der Waals surface area contributed by atoms with Crippen molar-refractivity contribution >= 4 is 12.0 Å². The maximum absolute atomic E-state index is 12.2. The third-order valence-electron chi connectivity index (χ3n) is 4.34.